The summed E-state index contributed by atoms with van der Waals surface area (Å²) in [6.07, 6.45) is 9.35. The second-order valence-electron chi connectivity index (χ2n) is 6.56. The molecule has 0 aromatic rings. The maximum atomic E-state index is 5.81. The van der Waals surface area contributed by atoms with Crippen LogP contribution in [0.25, 0.3) is 0 Å². The highest BCUT2D eigenvalue weighted by molar-refractivity contribution is 5.04. The summed E-state index contributed by atoms with van der Waals surface area (Å²) in [7, 11) is 3.95. The largest absolute Gasteiger partial charge is 0.380 e. The predicted octanol–water partition coefficient (Wildman–Crippen LogP) is 2.44. The standard InChI is InChI=1S/C14H25NO/c1-15-9-13(16-2)14-6-10-3-11(7-14)5-12(4-10)8-14/h10-13,15H,3-9H2,1-2H3. The predicted molar refractivity (Wildman–Crippen MR) is 65.3 cm³/mol. The third-order valence-corrected chi connectivity index (χ3v) is 5.44. The summed E-state index contributed by atoms with van der Waals surface area (Å²) in [4.78, 5) is 0. The van der Waals surface area contributed by atoms with Crippen molar-refractivity contribution in [2.24, 2.45) is 23.2 Å². The summed E-state index contributed by atoms with van der Waals surface area (Å²) in [6.45, 7) is 1.03. The molecule has 1 unspecified atom stereocenters. The molecule has 2 heteroatoms. The average Bonchev–Trinajstić information content (AvgIpc) is 2.23. The van der Waals surface area contributed by atoms with Crippen LogP contribution in [0, 0.1) is 23.2 Å². The van der Waals surface area contributed by atoms with Gasteiger partial charge in [-0.15, -0.1) is 0 Å². The topological polar surface area (TPSA) is 21.3 Å². The molecule has 0 aliphatic heterocycles. The summed E-state index contributed by atoms with van der Waals surface area (Å²) >= 11 is 0. The lowest BCUT2D eigenvalue weighted by Gasteiger charge is -2.59. The zero-order chi connectivity index (χ0) is 11.2. The van der Waals surface area contributed by atoms with Crippen molar-refractivity contribution in [2.75, 3.05) is 20.7 Å². The van der Waals surface area contributed by atoms with Crippen LogP contribution in [-0.4, -0.2) is 26.8 Å². The molecule has 0 heterocycles. The Morgan fingerprint density at radius 1 is 1.12 bits per heavy atom. The molecule has 2 nitrogen and oxygen atoms in total. The third-order valence-electron chi connectivity index (χ3n) is 5.44. The first-order valence-corrected chi connectivity index (χ1v) is 6.93. The number of hydrogen-bond donors (Lipinski definition) is 1. The van der Waals surface area contributed by atoms with Gasteiger partial charge in [-0.3, -0.25) is 0 Å². The second kappa shape index (κ2) is 3.99. The quantitative estimate of drug-likeness (QED) is 0.790. The van der Waals surface area contributed by atoms with Crippen molar-refractivity contribution in [3.8, 4) is 0 Å². The molecule has 4 aliphatic rings. The molecular weight excluding hydrogens is 198 g/mol. The van der Waals surface area contributed by atoms with Crippen molar-refractivity contribution in [3.63, 3.8) is 0 Å². The van der Waals surface area contributed by atoms with Crippen molar-refractivity contribution in [1.29, 1.82) is 0 Å². The van der Waals surface area contributed by atoms with Gasteiger partial charge in [0.1, 0.15) is 0 Å². The van der Waals surface area contributed by atoms with Crippen molar-refractivity contribution in [3.05, 3.63) is 0 Å². The van der Waals surface area contributed by atoms with Crippen LogP contribution in [0.2, 0.25) is 0 Å². The maximum Gasteiger partial charge on any atom is 0.0751 e. The van der Waals surface area contributed by atoms with Gasteiger partial charge in [-0.1, -0.05) is 0 Å². The van der Waals surface area contributed by atoms with Gasteiger partial charge < -0.3 is 10.1 Å². The van der Waals surface area contributed by atoms with Crippen LogP contribution in [0.1, 0.15) is 38.5 Å². The number of ether oxygens (including phenoxy) is 1. The van der Waals surface area contributed by atoms with E-state index in [1.54, 1.807) is 0 Å². The minimum absolute atomic E-state index is 0.450. The van der Waals surface area contributed by atoms with Crippen molar-refractivity contribution in [1.82, 2.24) is 5.32 Å². The fraction of sp³-hybridized carbons (Fsp3) is 1.00. The van der Waals surface area contributed by atoms with E-state index >= 15 is 0 Å². The zero-order valence-electron chi connectivity index (χ0n) is 10.7. The highest BCUT2D eigenvalue weighted by Crippen LogP contribution is 2.61. The number of hydrogen-bond acceptors (Lipinski definition) is 2. The molecule has 0 radical (unpaired) electrons. The molecule has 4 rings (SSSR count). The van der Waals surface area contributed by atoms with Gasteiger partial charge in [-0.2, -0.15) is 0 Å². The molecular formula is C14H25NO. The lowest BCUT2D eigenvalue weighted by atomic mass is 9.48. The van der Waals surface area contributed by atoms with E-state index in [0.717, 1.165) is 24.3 Å². The Morgan fingerprint density at radius 3 is 2.00 bits per heavy atom. The minimum Gasteiger partial charge on any atom is -0.380 e. The summed E-state index contributed by atoms with van der Waals surface area (Å²) in [5, 5.41) is 3.32. The van der Waals surface area contributed by atoms with Gasteiger partial charge in [0.25, 0.3) is 0 Å². The van der Waals surface area contributed by atoms with Crippen molar-refractivity contribution < 1.29 is 4.74 Å². The summed E-state index contributed by atoms with van der Waals surface area (Å²) < 4.78 is 5.81. The van der Waals surface area contributed by atoms with Crippen LogP contribution in [0.15, 0.2) is 0 Å². The average molecular weight is 223 g/mol. The second-order valence-corrected chi connectivity index (χ2v) is 6.56. The Kier molecular flexibility index (Phi) is 2.75. The van der Waals surface area contributed by atoms with Crippen LogP contribution in [0.5, 0.6) is 0 Å². The van der Waals surface area contributed by atoms with Gasteiger partial charge >= 0.3 is 0 Å². The number of methoxy groups -OCH3 is 1. The molecule has 0 amide bonds. The number of nitrogens with one attached hydrogen (secondary N) is 1. The molecule has 1 N–H and O–H groups in total. The molecule has 4 bridgehead atoms. The van der Waals surface area contributed by atoms with E-state index in [4.69, 9.17) is 4.74 Å². The van der Waals surface area contributed by atoms with Crippen LogP contribution in [-0.2, 0) is 4.74 Å². The van der Waals surface area contributed by atoms with Gasteiger partial charge in [0.2, 0.25) is 0 Å². The minimum atomic E-state index is 0.450. The monoisotopic (exact) mass is 223 g/mol. The Labute approximate surface area is 99.1 Å². The molecule has 4 fully saturated rings. The van der Waals surface area contributed by atoms with Gasteiger partial charge in [-0.05, 0) is 68.7 Å². The first-order chi connectivity index (χ1) is 7.75. The van der Waals surface area contributed by atoms with E-state index in [0.29, 0.717) is 11.5 Å². The molecule has 1 atom stereocenters. The van der Waals surface area contributed by atoms with Crippen molar-refractivity contribution >= 4 is 0 Å². The smallest absolute Gasteiger partial charge is 0.0751 e. The van der Waals surface area contributed by atoms with Crippen molar-refractivity contribution in [2.45, 2.75) is 44.6 Å². The SMILES string of the molecule is CNCC(OC)C12CC3CC(CC(C3)C1)C2. The maximum absolute atomic E-state index is 5.81. The van der Waals surface area contributed by atoms with Crippen LogP contribution in [0.4, 0.5) is 0 Å². The van der Waals surface area contributed by atoms with Gasteiger partial charge in [0, 0.05) is 13.7 Å². The van der Waals surface area contributed by atoms with E-state index in [-0.39, 0.29) is 0 Å². The van der Waals surface area contributed by atoms with E-state index in [1.807, 2.05) is 14.2 Å². The fourth-order valence-electron chi connectivity index (χ4n) is 5.31. The van der Waals surface area contributed by atoms with Gasteiger partial charge in [-0.25, -0.2) is 0 Å². The van der Waals surface area contributed by atoms with Crippen LogP contribution < -0.4 is 5.32 Å². The molecule has 16 heavy (non-hydrogen) atoms. The van der Waals surface area contributed by atoms with E-state index in [9.17, 15) is 0 Å². The first-order valence-electron chi connectivity index (χ1n) is 6.93. The lowest BCUT2D eigenvalue weighted by Crippen LogP contribution is -2.54. The number of likely N-dealkylation sites (N-methyl/N-ethyl adjacent to an activating group) is 1. The van der Waals surface area contributed by atoms with Gasteiger partial charge in [0.05, 0.1) is 6.10 Å². The first kappa shape index (κ1) is 11.0. The molecule has 0 aromatic carbocycles. The number of rotatable bonds is 4. The molecule has 92 valence electrons. The Hall–Kier alpha value is -0.0800. The summed E-state index contributed by atoms with van der Waals surface area (Å²) in [5.41, 5.74) is 0.534. The van der Waals surface area contributed by atoms with Gasteiger partial charge in [0.15, 0.2) is 0 Å². The Balaban J connectivity index is 1.81. The van der Waals surface area contributed by atoms with E-state index in [1.165, 1.54) is 38.5 Å². The molecule has 4 aliphatic carbocycles. The highest BCUT2D eigenvalue weighted by Gasteiger charge is 2.54. The summed E-state index contributed by atoms with van der Waals surface area (Å²) in [6, 6.07) is 0. The molecule has 0 spiro atoms. The van der Waals surface area contributed by atoms with E-state index in [2.05, 4.69) is 5.32 Å². The zero-order valence-corrected chi connectivity index (χ0v) is 10.7. The van der Waals surface area contributed by atoms with Crippen LogP contribution >= 0.6 is 0 Å². The summed E-state index contributed by atoms with van der Waals surface area (Å²) in [5.74, 6) is 3.09. The third kappa shape index (κ3) is 1.62. The molecule has 0 saturated heterocycles. The van der Waals surface area contributed by atoms with E-state index < -0.39 is 0 Å². The highest BCUT2D eigenvalue weighted by atomic mass is 16.5. The molecule has 0 aromatic heterocycles. The molecule has 4 saturated carbocycles. The Morgan fingerprint density at radius 2 is 1.62 bits per heavy atom. The lowest BCUT2D eigenvalue weighted by molar-refractivity contribution is -0.129. The normalized spacial score (nSPS) is 47.2. The Bertz CT molecular complexity index is 228. The van der Waals surface area contributed by atoms with Crippen LogP contribution in [0.3, 0.4) is 0 Å². The fourth-order valence-corrected chi connectivity index (χ4v) is 5.31.